The van der Waals surface area contributed by atoms with Crippen LogP contribution in [0.5, 0.6) is 0 Å². The van der Waals surface area contributed by atoms with Crippen LogP contribution in [0.1, 0.15) is 60.3 Å². The molecule has 0 amide bonds. The predicted octanol–water partition coefficient (Wildman–Crippen LogP) is 7.01. The highest BCUT2D eigenvalue weighted by Gasteiger charge is 2.36. The summed E-state index contributed by atoms with van der Waals surface area (Å²) < 4.78 is 11.9. The van der Waals surface area contributed by atoms with Gasteiger partial charge in [-0.15, -0.1) is 0 Å². The first-order valence-corrected chi connectivity index (χ1v) is 12.6. The largest absolute Gasteiger partial charge is 0.462 e. The Morgan fingerprint density at radius 2 is 1.56 bits per heavy atom. The van der Waals surface area contributed by atoms with Crippen LogP contribution in [0.2, 0.25) is 0 Å². The molecule has 0 aromatic heterocycles. The Kier molecular flexibility index (Phi) is 8.17. The first-order valence-electron chi connectivity index (χ1n) is 12.6. The van der Waals surface area contributed by atoms with Crippen LogP contribution in [0.25, 0.3) is 0 Å². The van der Waals surface area contributed by atoms with Gasteiger partial charge in [-0.05, 0) is 67.0 Å². The maximum Gasteiger partial charge on any atom is 0.338 e. The van der Waals surface area contributed by atoms with E-state index in [-0.39, 0.29) is 23.0 Å². The molecule has 4 nitrogen and oxygen atoms in total. The molecule has 1 aliphatic heterocycles. The van der Waals surface area contributed by atoms with Crippen LogP contribution in [0.4, 0.5) is 0 Å². The molecule has 0 radical (unpaired) electrons. The molecule has 2 atom stereocenters. The fraction of sp³-hybridized carbons (Fsp3) is 0.312. The molecule has 4 heteroatoms. The number of benzene rings is 3. The van der Waals surface area contributed by atoms with Gasteiger partial charge in [0.2, 0.25) is 0 Å². The van der Waals surface area contributed by atoms with Gasteiger partial charge in [-0.3, -0.25) is 4.99 Å². The first-order chi connectivity index (χ1) is 17.4. The molecular formula is C32H35NO3. The van der Waals surface area contributed by atoms with E-state index in [2.05, 4.69) is 68.5 Å². The Morgan fingerprint density at radius 1 is 0.944 bits per heavy atom. The molecule has 0 spiro atoms. The SMILES string of the molecule is CCOC(=O)c1ccc(CC(C)(COC(c2ccccc2)c2ccccc2)CC2(C)C=CC=N2)cc1. The summed E-state index contributed by atoms with van der Waals surface area (Å²) in [5, 5.41) is 0. The van der Waals surface area contributed by atoms with E-state index in [4.69, 9.17) is 14.5 Å². The third-order valence-corrected chi connectivity index (χ3v) is 6.59. The molecule has 4 rings (SSSR count). The van der Waals surface area contributed by atoms with Crippen molar-refractivity contribution in [1.29, 1.82) is 0 Å². The van der Waals surface area contributed by atoms with Crippen molar-refractivity contribution in [2.75, 3.05) is 13.2 Å². The van der Waals surface area contributed by atoms with Crippen molar-refractivity contribution >= 4 is 12.2 Å². The number of allylic oxidation sites excluding steroid dienone is 1. The number of hydrogen-bond acceptors (Lipinski definition) is 4. The molecule has 0 N–H and O–H groups in total. The topological polar surface area (TPSA) is 47.9 Å². The third-order valence-electron chi connectivity index (χ3n) is 6.59. The van der Waals surface area contributed by atoms with Crippen LogP contribution in [0.15, 0.2) is 102 Å². The van der Waals surface area contributed by atoms with Crippen molar-refractivity contribution in [2.24, 2.45) is 10.4 Å². The molecule has 0 bridgehead atoms. The highest BCUT2D eigenvalue weighted by Crippen LogP contribution is 2.38. The number of carbonyl (C=O) groups excluding carboxylic acids is 1. The first kappa shape index (κ1) is 25.6. The van der Waals surface area contributed by atoms with Gasteiger partial charge in [0, 0.05) is 6.21 Å². The van der Waals surface area contributed by atoms with Gasteiger partial charge < -0.3 is 9.47 Å². The van der Waals surface area contributed by atoms with Crippen LogP contribution in [0.3, 0.4) is 0 Å². The number of esters is 1. The Balaban J connectivity index is 1.58. The van der Waals surface area contributed by atoms with Crippen LogP contribution in [0, 0.1) is 5.41 Å². The quantitative estimate of drug-likeness (QED) is 0.277. The molecule has 0 aliphatic carbocycles. The third kappa shape index (κ3) is 6.58. The lowest BCUT2D eigenvalue weighted by molar-refractivity contribution is 0.00528. The fourth-order valence-electron chi connectivity index (χ4n) is 5.03. The lowest BCUT2D eigenvalue weighted by atomic mass is 9.74. The van der Waals surface area contributed by atoms with E-state index in [1.807, 2.05) is 55.6 Å². The predicted molar refractivity (Wildman–Crippen MR) is 146 cm³/mol. The van der Waals surface area contributed by atoms with Crippen molar-refractivity contribution < 1.29 is 14.3 Å². The van der Waals surface area contributed by atoms with Crippen LogP contribution >= 0.6 is 0 Å². The molecule has 0 saturated carbocycles. The van der Waals surface area contributed by atoms with Gasteiger partial charge in [-0.1, -0.05) is 85.8 Å². The average molecular weight is 482 g/mol. The minimum absolute atomic E-state index is 0.159. The molecule has 1 aliphatic rings. The number of carbonyl (C=O) groups is 1. The van der Waals surface area contributed by atoms with Crippen molar-refractivity contribution in [2.45, 2.75) is 45.3 Å². The van der Waals surface area contributed by atoms with E-state index >= 15 is 0 Å². The minimum Gasteiger partial charge on any atom is -0.462 e. The number of rotatable bonds is 11. The number of ether oxygens (including phenoxy) is 2. The molecule has 186 valence electrons. The summed E-state index contributed by atoms with van der Waals surface area (Å²) >= 11 is 0. The molecule has 2 unspecified atom stereocenters. The number of hydrogen-bond donors (Lipinski definition) is 0. The molecule has 3 aromatic rings. The van der Waals surface area contributed by atoms with Gasteiger partial charge in [0.25, 0.3) is 0 Å². The van der Waals surface area contributed by atoms with Gasteiger partial charge >= 0.3 is 5.97 Å². The summed E-state index contributed by atoms with van der Waals surface area (Å²) in [6.45, 7) is 7.18. The second kappa shape index (κ2) is 11.5. The van der Waals surface area contributed by atoms with E-state index < -0.39 is 0 Å². The smallest absolute Gasteiger partial charge is 0.338 e. The monoisotopic (exact) mass is 481 g/mol. The van der Waals surface area contributed by atoms with E-state index in [9.17, 15) is 4.79 Å². The highest BCUT2D eigenvalue weighted by atomic mass is 16.5. The maximum absolute atomic E-state index is 12.1. The lowest BCUT2D eigenvalue weighted by Gasteiger charge is -2.36. The van der Waals surface area contributed by atoms with Gasteiger partial charge in [-0.2, -0.15) is 0 Å². The lowest BCUT2D eigenvalue weighted by Crippen LogP contribution is -2.35. The summed E-state index contributed by atoms with van der Waals surface area (Å²) in [5.41, 5.74) is 3.53. The zero-order valence-electron chi connectivity index (χ0n) is 21.4. The molecular weight excluding hydrogens is 446 g/mol. The molecule has 3 aromatic carbocycles. The van der Waals surface area contributed by atoms with Gasteiger partial charge in [0.05, 0.1) is 24.3 Å². The Bertz CT molecular complexity index is 1130. The minimum atomic E-state index is -0.290. The van der Waals surface area contributed by atoms with E-state index in [1.165, 1.54) is 0 Å². The van der Waals surface area contributed by atoms with E-state index in [1.54, 1.807) is 0 Å². The molecule has 0 fully saturated rings. The van der Waals surface area contributed by atoms with Crippen molar-refractivity contribution in [1.82, 2.24) is 0 Å². The van der Waals surface area contributed by atoms with Gasteiger partial charge in [-0.25, -0.2) is 4.79 Å². The van der Waals surface area contributed by atoms with Crippen molar-refractivity contribution in [3.63, 3.8) is 0 Å². The average Bonchev–Trinajstić information content (AvgIpc) is 3.31. The Morgan fingerprint density at radius 3 is 2.08 bits per heavy atom. The summed E-state index contributed by atoms with van der Waals surface area (Å²) in [6.07, 6.45) is 7.54. The molecule has 0 saturated heterocycles. The Hall–Kier alpha value is -3.50. The van der Waals surface area contributed by atoms with E-state index in [0.717, 1.165) is 29.5 Å². The van der Waals surface area contributed by atoms with Crippen LogP contribution in [-0.4, -0.2) is 30.9 Å². The second-order valence-corrected chi connectivity index (χ2v) is 10.1. The summed E-state index contributed by atoms with van der Waals surface area (Å²) in [7, 11) is 0. The van der Waals surface area contributed by atoms with E-state index in [0.29, 0.717) is 18.8 Å². The van der Waals surface area contributed by atoms with Crippen molar-refractivity contribution in [3.05, 3.63) is 119 Å². The molecule has 1 heterocycles. The second-order valence-electron chi connectivity index (χ2n) is 10.1. The molecule has 36 heavy (non-hydrogen) atoms. The van der Waals surface area contributed by atoms with Gasteiger partial charge in [0.15, 0.2) is 0 Å². The standard InChI is InChI=1S/C32H35NO3/c1-4-35-30(34)28-18-16-25(17-19-28)22-31(2,23-32(3)20-11-21-33-32)24-36-29(26-12-7-5-8-13-26)27-14-9-6-10-15-27/h5-21,29H,4,22-24H2,1-3H3. The number of nitrogens with zero attached hydrogens (tertiary/aromatic N) is 1. The summed E-state index contributed by atoms with van der Waals surface area (Å²) in [6, 6.07) is 28.5. The van der Waals surface area contributed by atoms with Crippen molar-refractivity contribution in [3.8, 4) is 0 Å². The van der Waals surface area contributed by atoms with Crippen LogP contribution in [-0.2, 0) is 15.9 Å². The Labute approximate surface area is 214 Å². The zero-order valence-corrected chi connectivity index (χ0v) is 21.4. The highest BCUT2D eigenvalue weighted by molar-refractivity contribution is 5.89. The number of aliphatic imine (C=N–C) groups is 1. The zero-order chi connectivity index (χ0) is 25.4. The fourth-order valence-corrected chi connectivity index (χ4v) is 5.03. The maximum atomic E-state index is 12.1. The van der Waals surface area contributed by atoms with Gasteiger partial charge in [0.1, 0.15) is 6.10 Å². The summed E-state index contributed by atoms with van der Waals surface area (Å²) in [5.74, 6) is -0.290. The summed E-state index contributed by atoms with van der Waals surface area (Å²) in [4.78, 5) is 16.8. The normalized spacial score (nSPS) is 18.3. The van der Waals surface area contributed by atoms with Crippen LogP contribution < -0.4 is 0 Å².